The SMILES string of the molecule is CCOC(=O)c1cc(SCc2ccco2)ccc1N. The molecule has 0 saturated heterocycles. The second kappa shape index (κ2) is 6.33. The Morgan fingerprint density at radius 1 is 1.42 bits per heavy atom. The summed E-state index contributed by atoms with van der Waals surface area (Å²) in [5.74, 6) is 1.21. The van der Waals surface area contributed by atoms with E-state index in [0.717, 1.165) is 10.7 Å². The van der Waals surface area contributed by atoms with E-state index in [9.17, 15) is 4.79 Å². The number of benzene rings is 1. The number of esters is 1. The Labute approximate surface area is 115 Å². The summed E-state index contributed by atoms with van der Waals surface area (Å²) in [7, 11) is 0. The number of nitrogen functional groups attached to an aromatic ring is 1. The lowest BCUT2D eigenvalue weighted by Gasteiger charge is -2.07. The fourth-order valence-electron chi connectivity index (χ4n) is 1.56. The molecule has 4 nitrogen and oxygen atoms in total. The monoisotopic (exact) mass is 277 g/mol. The van der Waals surface area contributed by atoms with E-state index in [1.807, 2.05) is 18.2 Å². The Kier molecular flexibility index (Phi) is 4.52. The van der Waals surface area contributed by atoms with E-state index >= 15 is 0 Å². The summed E-state index contributed by atoms with van der Waals surface area (Å²) in [6, 6.07) is 9.11. The first kappa shape index (κ1) is 13.5. The first-order valence-corrected chi connectivity index (χ1v) is 6.91. The molecule has 0 radical (unpaired) electrons. The molecular weight excluding hydrogens is 262 g/mol. The molecule has 0 aliphatic rings. The highest BCUT2D eigenvalue weighted by molar-refractivity contribution is 7.98. The first-order valence-electron chi connectivity index (χ1n) is 5.92. The lowest BCUT2D eigenvalue weighted by Crippen LogP contribution is -2.07. The van der Waals surface area contributed by atoms with Crippen LogP contribution in [0, 0.1) is 0 Å². The van der Waals surface area contributed by atoms with Crippen molar-refractivity contribution in [1.82, 2.24) is 0 Å². The van der Waals surface area contributed by atoms with Gasteiger partial charge in [-0.3, -0.25) is 0 Å². The van der Waals surface area contributed by atoms with Crippen molar-refractivity contribution >= 4 is 23.4 Å². The molecule has 0 bridgehead atoms. The minimum absolute atomic E-state index is 0.335. The third-order valence-electron chi connectivity index (χ3n) is 2.48. The molecule has 1 heterocycles. The number of hydrogen-bond acceptors (Lipinski definition) is 5. The van der Waals surface area contributed by atoms with Crippen LogP contribution in [0.25, 0.3) is 0 Å². The molecule has 0 atom stereocenters. The van der Waals surface area contributed by atoms with Gasteiger partial charge in [0.05, 0.1) is 24.2 Å². The van der Waals surface area contributed by atoms with Gasteiger partial charge in [-0.2, -0.15) is 0 Å². The summed E-state index contributed by atoms with van der Waals surface area (Å²) in [5.41, 5.74) is 6.62. The van der Waals surface area contributed by atoms with Crippen LogP contribution in [-0.4, -0.2) is 12.6 Å². The van der Waals surface area contributed by atoms with E-state index < -0.39 is 0 Å². The van der Waals surface area contributed by atoms with Crippen molar-refractivity contribution in [2.75, 3.05) is 12.3 Å². The molecule has 19 heavy (non-hydrogen) atoms. The van der Waals surface area contributed by atoms with Crippen molar-refractivity contribution in [1.29, 1.82) is 0 Å². The van der Waals surface area contributed by atoms with Gasteiger partial charge in [-0.15, -0.1) is 11.8 Å². The average molecular weight is 277 g/mol. The third kappa shape index (κ3) is 3.54. The van der Waals surface area contributed by atoms with E-state index in [-0.39, 0.29) is 5.97 Å². The van der Waals surface area contributed by atoms with Gasteiger partial charge in [0.2, 0.25) is 0 Å². The summed E-state index contributed by atoms with van der Waals surface area (Å²) in [6.07, 6.45) is 1.64. The summed E-state index contributed by atoms with van der Waals surface area (Å²) < 4.78 is 10.2. The van der Waals surface area contributed by atoms with E-state index in [4.69, 9.17) is 14.9 Å². The van der Waals surface area contributed by atoms with Gasteiger partial charge in [0.25, 0.3) is 0 Å². The van der Waals surface area contributed by atoms with Crippen molar-refractivity contribution in [3.05, 3.63) is 47.9 Å². The zero-order chi connectivity index (χ0) is 13.7. The molecule has 0 aliphatic heterocycles. The number of carbonyl (C=O) groups excluding carboxylic acids is 1. The number of rotatable bonds is 5. The lowest BCUT2D eigenvalue weighted by molar-refractivity contribution is 0.0527. The standard InChI is InChI=1S/C14H15NO3S/c1-2-17-14(16)12-8-11(5-6-13(12)15)19-9-10-4-3-7-18-10/h3-8H,2,9,15H2,1H3. The van der Waals surface area contributed by atoms with Crippen molar-refractivity contribution < 1.29 is 13.9 Å². The summed E-state index contributed by atoms with van der Waals surface area (Å²) in [5, 5.41) is 0. The highest BCUT2D eigenvalue weighted by atomic mass is 32.2. The van der Waals surface area contributed by atoms with Crippen LogP contribution in [-0.2, 0) is 10.5 Å². The van der Waals surface area contributed by atoms with Gasteiger partial charge < -0.3 is 14.9 Å². The van der Waals surface area contributed by atoms with E-state index in [1.54, 1.807) is 37.1 Å². The number of carbonyl (C=O) groups is 1. The van der Waals surface area contributed by atoms with Crippen LogP contribution < -0.4 is 5.73 Å². The number of thioether (sulfide) groups is 1. The van der Waals surface area contributed by atoms with E-state index in [1.165, 1.54) is 0 Å². The maximum absolute atomic E-state index is 11.7. The molecule has 0 amide bonds. The van der Waals surface area contributed by atoms with Gasteiger partial charge in [-0.25, -0.2) is 4.79 Å². The Morgan fingerprint density at radius 3 is 2.95 bits per heavy atom. The summed E-state index contributed by atoms with van der Waals surface area (Å²) >= 11 is 1.58. The van der Waals surface area contributed by atoms with E-state index in [2.05, 4.69) is 0 Å². The van der Waals surface area contributed by atoms with Crippen LogP contribution in [0.1, 0.15) is 23.0 Å². The second-order valence-electron chi connectivity index (χ2n) is 3.84. The topological polar surface area (TPSA) is 65.5 Å². The fourth-order valence-corrected chi connectivity index (χ4v) is 2.40. The van der Waals surface area contributed by atoms with E-state index in [0.29, 0.717) is 23.6 Å². The van der Waals surface area contributed by atoms with Crippen LogP contribution in [0.3, 0.4) is 0 Å². The Bertz CT molecular complexity index is 552. The van der Waals surface area contributed by atoms with Crippen molar-refractivity contribution in [2.24, 2.45) is 0 Å². The Balaban J connectivity index is 2.09. The normalized spacial score (nSPS) is 10.4. The van der Waals surface area contributed by atoms with Crippen LogP contribution in [0.15, 0.2) is 45.9 Å². The zero-order valence-corrected chi connectivity index (χ0v) is 11.4. The molecule has 0 fully saturated rings. The molecule has 0 spiro atoms. The number of hydrogen-bond donors (Lipinski definition) is 1. The molecule has 0 unspecified atom stereocenters. The number of nitrogens with two attached hydrogens (primary N) is 1. The smallest absolute Gasteiger partial charge is 0.340 e. The minimum Gasteiger partial charge on any atom is -0.468 e. The summed E-state index contributed by atoms with van der Waals surface area (Å²) in [4.78, 5) is 12.7. The molecule has 0 aliphatic carbocycles. The quantitative estimate of drug-likeness (QED) is 0.516. The molecular formula is C14H15NO3S. The van der Waals surface area contributed by atoms with Gasteiger partial charge in [-0.1, -0.05) is 0 Å². The summed E-state index contributed by atoms with van der Waals surface area (Å²) in [6.45, 7) is 2.10. The lowest BCUT2D eigenvalue weighted by atomic mass is 10.2. The maximum Gasteiger partial charge on any atom is 0.340 e. The van der Waals surface area contributed by atoms with Crippen LogP contribution in [0.4, 0.5) is 5.69 Å². The number of furan rings is 1. The minimum atomic E-state index is -0.388. The zero-order valence-electron chi connectivity index (χ0n) is 10.6. The van der Waals surface area contributed by atoms with Crippen molar-refractivity contribution in [3.63, 3.8) is 0 Å². The van der Waals surface area contributed by atoms with Crippen LogP contribution in [0.2, 0.25) is 0 Å². The number of ether oxygens (including phenoxy) is 1. The van der Waals surface area contributed by atoms with Crippen molar-refractivity contribution in [2.45, 2.75) is 17.6 Å². The maximum atomic E-state index is 11.7. The molecule has 5 heteroatoms. The van der Waals surface area contributed by atoms with Gasteiger partial charge in [0, 0.05) is 10.6 Å². The Morgan fingerprint density at radius 2 is 2.26 bits per heavy atom. The molecule has 2 rings (SSSR count). The average Bonchev–Trinajstić information content (AvgIpc) is 2.91. The predicted molar refractivity (Wildman–Crippen MR) is 75.1 cm³/mol. The van der Waals surface area contributed by atoms with Gasteiger partial charge in [-0.05, 0) is 37.3 Å². The number of anilines is 1. The third-order valence-corrected chi connectivity index (χ3v) is 3.50. The van der Waals surface area contributed by atoms with Crippen molar-refractivity contribution in [3.8, 4) is 0 Å². The predicted octanol–water partition coefficient (Wildman–Crippen LogP) is 3.33. The molecule has 2 aromatic rings. The van der Waals surface area contributed by atoms with Crippen LogP contribution in [0.5, 0.6) is 0 Å². The van der Waals surface area contributed by atoms with Gasteiger partial charge >= 0.3 is 5.97 Å². The second-order valence-corrected chi connectivity index (χ2v) is 4.89. The van der Waals surface area contributed by atoms with Gasteiger partial charge in [0.15, 0.2) is 0 Å². The van der Waals surface area contributed by atoms with Crippen LogP contribution >= 0.6 is 11.8 Å². The largest absolute Gasteiger partial charge is 0.468 e. The highest BCUT2D eigenvalue weighted by Crippen LogP contribution is 2.26. The van der Waals surface area contributed by atoms with Gasteiger partial charge in [0.1, 0.15) is 5.76 Å². The molecule has 100 valence electrons. The fraction of sp³-hybridized carbons (Fsp3) is 0.214. The molecule has 0 saturated carbocycles. The molecule has 1 aromatic carbocycles. The molecule has 1 aromatic heterocycles. The highest BCUT2D eigenvalue weighted by Gasteiger charge is 2.12. The first-order chi connectivity index (χ1) is 9.20. The molecule has 2 N–H and O–H groups in total. The Hall–Kier alpha value is -1.88.